The number of nitrogens with zero attached hydrogens (tertiary/aromatic N) is 1. The Labute approximate surface area is 166 Å². The minimum atomic E-state index is -0.234. The van der Waals surface area contributed by atoms with Crippen LogP contribution >= 0.6 is 0 Å². The quantitative estimate of drug-likeness (QED) is 0.567. The molecule has 0 atom stereocenters. The van der Waals surface area contributed by atoms with Crippen LogP contribution in [0.15, 0.2) is 53.5 Å². The van der Waals surface area contributed by atoms with Gasteiger partial charge in [0.15, 0.2) is 5.96 Å². The lowest BCUT2D eigenvalue weighted by Gasteiger charge is -2.22. The molecule has 0 amide bonds. The summed E-state index contributed by atoms with van der Waals surface area (Å²) in [5, 5.41) is 6.49. The summed E-state index contributed by atoms with van der Waals surface area (Å²) in [5.41, 5.74) is 3.19. The van der Waals surface area contributed by atoms with E-state index in [1.54, 1.807) is 13.1 Å². The third-order valence-electron chi connectivity index (χ3n) is 4.68. The summed E-state index contributed by atoms with van der Waals surface area (Å²) in [5.74, 6) is 0.440. The summed E-state index contributed by atoms with van der Waals surface area (Å²) in [4.78, 5) is 4.22. The highest BCUT2D eigenvalue weighted by Gasteiger charge is 2.14. The molecule has 0 aromatic heterocycles. The van der Waals surface area contributed by atoms with Crippen LogP contribution in [0.25, 0.3) is 0 Å². The van der Waals surface area contributed by atoms with E-state index in [2.05, 4.69) is 33.8 Å². The predicted molar refractivity (Wildman–Crippen MR) is 109 cm³/mol. The van der Waals surface area contributed by atoms with E-state index in [1.807, 2.05) is 12.1 Å². The molecule has 6 heteroatoms. The smallest absolute Gasteiger partial charge is 0.191 e. The van der Waals surface area contributed by atoms with Crippen molar-refractivity contribution < 1.29 is 13.9 Å². The first-order valence-corrected chi connectivity index (χ1v) is 9.69. The van der Waals surface area contributed by atoms with Gasteiger partial charge in [-0.15, -0.1) is 0 Å². The van der Waals surface area contributed by atoms with Crippen molar-refractivity contribution in [3.8, 4) is 0 Å². The van der Waals surface area contributed by atoms with Gasteiger partial charge in [0.05, 0.1) is 12.7 Å². The molecule has 0 aliphatic carbocycles. The van der Waals surface area contributed by atoms with Crippen molar-refractivity contribution in [1.29, 1.82) is 0 Å². The van der Waals surface area contributed by atoms with Gasteiger partial charge in [0.2, 0.25) is 0 Å². The van der Waals surface area contributed by atoms with Crippen molar-refractivity contribution in [3.63, 3.8) is 0 Å². The number of benzene rings is 2. The van der Waals surface area contributed by atoms with Gasteiger partial charge in [-0.2, -0.15) is 0 Å². The minimum absolute atomic E-state index is 0.234. The summed E-state index contributed by atoms with van der Waals surface area (Å²) in [6.45, 7) is 3.35. The van der Waals surface area contributed by atoms with Crippen LogP contribution in [0, 0.1) is 5.82 Å². The van der Waals surface area contributed by atoms with Crippen LogP contribution in [0.2, 0.25) is 0 Å². The average Bonchev–Trinajstić information content (AvgIpc) is 2.73. The molecule has 0 unspecified atom stereocenters. The molecular formula is C22H28FN3O2. The first-order valence-electron chi connectivity index (χ1n) is 9.69. The zero-order valence-corrected chi connectivity index (χ0v) is 16.3. The lowest BCUT2D eigenvalue weighted by molar-refractivity contribution is -0.0390. The number of ether oxygens (including phenoxy) is 2. The summed E-state index contributed by atoms with van der Waals surface area (Å²) < 4.78 is 24.6. The predicted octanol–water partition coefficient (Wildman–Crippen LogP) is 3.39. The first-order chi connectivity index (χ1) is 13.7. The molecule has 2 N–H and O–H groups in total. The molecule has 1 aliphatic rings. The van der Waals surface area contributed by atoms with Crippen molar-refractivity contribution in [1.82, 2.24) is 10.6 Å². The van der Waals surface area contributed by atoms with Gasteiger partial charge in [-0.1, -0.05) is 36.4 Å². The molecule has 0 bridgehead atoms. The standard InChI is InChI=1S/C22H28FN3O2/c1-24-22(26-15-18-5-3-7-20(23)13-18)25-14-17-4-2-6-19(12-17)16-28-21-8-10-27-11-9-21/h2-7,12-13,21H,8-11,14-16H2,1H3,(H2,24,25,26). The number of aliphatic imine (C=N–C) groups is 1. The average molecular weight is 385 g/mol. The zero-order chi connectivity index (χ0) is 19.6. The van der Waals surface area contributed by atoms with Gasteiger partial charge in [0.1, 0.15) is 5.82 Å². The van der Waals surface area contributed by atoms with Crippen LogP contribution in [-0.4, -0.2) is 32.3 Å². The van der Waals surface area contributed by atoms with Crippen molar-refractivity contribution >= 4 is 5.96 Å². The molecule has 3 rings (SSSR count). The maximum atomic E-state index is 13.3. The number of halogens is 1. The van der Waals surface area contributed by atoms with Crippen LogP contribution in [-0.2, 0) is 29.2 Å². The van der Waals surface area contributed by atoms with E-state index < -0.39 is 0 Å². The Balaban J connectivity index is 1.46. The van der Waals surface area contributed by atoms with Gasteiger partial charge in [-0.3, -0.25) is 4.99 Å². The number of nitrogens with one attached hydrogen (secondary N) is 2. The Morgan fingerprint density at radius 2 is 1.68 bits per heavy atom. The molecule has 1 aliphatic heterocycles. The molecule has 2 aromatic rings. The fraction of sp³-hybridized carbons (Fsp3) is 0.409. The number of hydrogen-bond donors (Lipinski definition) is 2. The third-order valence-corrected chi connectivity index (χ3v) is 4.68. The van der Waals surface area contributed by atoms with E-state index in [0.717, 1.165) is 42.7 Å². The Kier molecular flexibility index (Phi) is 7.82. The van der Waals surface area contributed by atoms with Gasteiger partial charge in [-0.25, -0.2) is 4.39 Å². The van der Waals surface area contributed by atoms with Gasteiger partial charge >= 0.3 is 0 Å². The van der Waals surface area contributed by atoms with Crippen molar-refractivity contribution in [2.75, 3.05) is 20.3 Å². The topological polar surface area (TPSA) is 54.9 Å². The molecule has 1 heterocycles. The number of rotatable bonds is 7. The van der Waals surface area contributed by atoms with Crippen LogP contribution in [0.1, 0.15) is 29.5 Å². The van der Waals surface area contributed by atoms with Gasteiger partial charge in [0.25, 0.3) is 0 Å². The third kappa shape index (κ3) is 6.62. The van der Waals surface area contributed by atoms with Crippen LogP contribution in [0.5, 0.6) is 0 Å². The lowest BCUT2D eigenvalue weighted by Crippen LogP contribution is -2.36. The van der Waals surface area contributed by atoms with Gasteiger partial charge < -0.3 is 20.1 Å². The molecule has 0 saturated carbocycles. The Bertz CT molecular complexity index is 776. The number of hydrogen-bond acceptors (Lipinski definition) is 3. The van der Waals surface area contributed by atoms with Crippen molar-refractivity contribution in [3.05, 3.63) is 71.0 Å². The highest BCUT2D eigenvalue weighted by atomic mass is 19.1. The largest absolute Gasteiger partial charge is 0.381 e. The molecule has 1 fully saturated rings. The van der Waals surface area contributed by atoms with Crippen LogP contribution in [0.3, 0.4) is 0 Å². The summed E-state index contributed by atoms with van der Waals surface area (Å²) in [6.07, 6.45) is 2.23. The molecule has 28 heavy (non-hydrogen) atoms. The summed E-state index contributed by atoms with van der Waals surface area (Å²) >= 11 is 0. The van der Waals surface area contributed by atoms with Crippen molar-refractivity contribution in [2.24, 2.45) is 4.99 Å². The second kappa shape index (κ2) is 10.8. The Morgan fingerprint density at radius 1 is 1.04 bits per heavy atom. The summed E-state index contributed by atoms with van der Waals surface area (Å²) in [7, 11) is 1.72. The molecule has 150 valence electrons. The van der Waals surface area contributed by atoms with Gasteiger partial charge in [0, 0.05) is 33.4 Å². The van der Waals surface area contributed by atoms with E-state index in [4.69, 9.17) is 9.47 Å². The molecule has 5 nitrogen and oxygen atoms in total. The molecule has 0 spiro atoms. The monoisotopic (exact) mass is 385 g/mol. The second-order valence-electron chi connectivity index (χ2n) is 6.85. The second-order valence-corrected chi connectivity index (χ2v) is 6.85. The van der Waals surface area contributed by atoms with E-state index in [0.29, 0.717) is 31.8 Å². The maximum absolute atomic E-state index is 13.3. The van der Waals surface area contributed by atoms with Gasteiger partial charge in [-0.05, 0) is 41.7 Å². The van der Waals surface area contributed by atoms with E-state index >= 15 is 0 Å². The highest BCUT2D eigenvalue weighted by Crippen LogP contribution is 2.14. The normalized spacial score (nSPS) is 15.4. The molecule has 0 radical (unpaired) electrons. The van der Waals surface area contributed by atoms with Crippen molar-refractivity contribution in [2.45, 2.75) is 38.6 Å². The van der Waals surface area contributed by atoms with Crippen LogP contribution < -0.4 is 10.6 Å². The Morgan fingerprint density at radius 3 is 2.36 bits per heavy atom. The minimum Gasteiger partial charge on any atom is -0.381 e. The maximum Gasteiger partial charge on any atom is 0.191 e. The number of guanidine groups is 1. The fourth-order valence-electron chi connectivity index (χ4n) is 3.13. The zero-order valence-electron chi connectivity index (χ0n) is 16.3. The SMILES string of the molecule is CN=C(NCc1cccc(F)c1)NCc1cccc(COC2CCOCC2)c1. The lowest BCUT2D eigenvalue weighted by atomic mass is 10.1. The fourth-order valence-corrected chi connectivity index (χ4v) is 3.13. The summed E-state index contributed by atoms with van der Waals surface area (Å²) in [6, 6.07) is 14.9. The Hall–Kier alpha value is -2.44. The molecular weight excluding hydrogens is 357 g/mol. The molecule has 2 aromatic carbocycles. The van der Waals surface area contributed by atoms with Crippen LogP contribution in [0.4, 0.5) is 4.39 Å². The first kappa shape index (κ1) is 20.3. The highest BCUT2D eigenvalue weighted by molar-refractivity contribution is 5.79. The van der Waals surface area contributed by atoms with E-state index in [9.17, 15) is 4.39 Å². The van der Waals surface area contributed by atoms with E-state index in [1.165, 1.54) is 12.1 Å². The van der Waals surface area contributed by atoms with E-state index in [-0.39, 0.29) is 5.82 Å². The molecule has 1 saturated heterocycles.